The van der Waals surface area contributed by atoms with E-state index in [4.69, 9.17) is 5.73 Å². The molecule has 0 aliphatic heterocycles. The highest BCUT2D eigenvalue weighted by Crippen LogP contribution is 2.34. The molecule has 2 rings (SSSR count). The lowest BCUT2D eigenvalue weighted by atomic mass is 9.84. The molecule has 0 spiro atoms. The van der Waals surface area contributed by atoms with Gasteiger partial charge in [0.25, 0.3) is 0 Å². The van der Waals surface area contributed by atoms with Gasteiger partial charge in [0.15, 0.2) is 0 Å². The SMILES string of the molecule is CCC1CCC(n2cc(C)nc2N)CC1. The zero-order valence-electron chi connectivity index (χ0n) is 9.74. The van der Waals surface area contributed by atoms with Crippen LogP contribution in [0.25, 0.3) is 0 Å². The van der Waals surface area contributed by atoms with Crippen molar-refractivity contribution in [1.82, 2.24) is 9.55 Å². The first-order valence-electron chi connectivity index (χ1n) is 6.01. The lowest BCUT2D eigenvalue weighted by molar-refractivity contribution is 0.271. The molecule has 0 radical (unpaired) electrons. The van der Waals surface area contributed by atoms with Crippen molar-refractivity contribution in [2.45, 2.75) is 52.0 Å². The number of aryl methyl sites for hydroxylation is 1. The number of imidazole rings is 1. The van der Waals surface area contributed by atoms with Gasteiger partial charge in [-0.25, -0.2) is 4.98 Å². The van der Waals surface area contributed by atoms with Gasteiger partial charge in [-0.2, -0.15) is 0 Å². The Morgan fingerprint density at radius 2 is 2.07 bits per heavy atom. The maximum atomic E-state index is 5.89. The van der Waals surface area contributed by atoms with Gasteiger partial charge in [0.2, 0.25) is 5.95 Å². The summed E-state index contributed by atoms with van der Waals surface area (Å²) in [5.74, 6) is 1.62. The number of rotatable bonds is 2. The summed E-state index contributed by atoms with van der Waals surface area (Å²) < 4.78 is 2.17. The average molecular weight is 207 g/mol. The Labute approximate surface area is 91.7 Å². The standard InChI is InChI=1S/C12H21N3/c1-3-10-4-6-11(7-5-10)15-8-9(2)14-12(15)13/h8,10-11H,3-7H2,1-2H3,(H2,13,14). The minimum Gasteiger partial charge on any atom is -0.369 e. The van der Waals surface area contributed by atoms with E-state index in [-0.39, 0.29) is 0 Å². The lowest BCUT2D eigenvalue weighted by Crippen LogP contribution is -2.18. The molecule has 0 amide bonds. The number of nitrogens with two attached hydrogens (primary N) is 1. The molecule has 2 N–H and O–H groups in total. The highest BCUT2D eigenvalue weighted by molar-refractivity contribution is 5.22. The minimum atomic E-state index is 0.592. The third kappa shape index (κ3) is 2.16. The Balaban J connectivity index is 2.04. The maximum absolute atomic E-state index is 5.89. The van der Waals surface area contributed by atoms with Gasteiger partial charge in [-0.05, 0) is 38.5 Å². The largest absolute Gasteiger partial charge is 0.369 e. The van der Waals surface area contributed by atoms with Crippen LogP contribution in [-0.4, -0.2) is 9.55 Å². The van der Waals surface area contributed by atoms with Gasteiger partial charge >= 0.3 is 0 Å². The zero-order chi connectivity index (χ0) is 10.8. The smallest absolute Gasteiger partial charge is 0.200 e. The number of nitrogen functional groups attached to an aromatic ring is 1. The van der Waals surface area contributed by atoms with Crippen LogP contribution in [0.1, 0.15) is 50.8 Å². The molecule has 3 heteroatoms. The Morgan fingerprint density at radius 1 is 1.40 bits per heavy atom. The molecule has 0 atom stereocenters. The monoisotopic (exact) mass is 207 g/mol. The molecule has 0 aromatic carbocycles. The predicted octanol–water partition coefficient (Wildman–Crippen LogP) is 2.92. The topological polar surface area (TPSA) is 43.8 Å². The van der Waals surface area contributed by atoms with Crippen LogP contribution in [0.5, 0.6) is 0 Å². The summed E-state index contributed by atoms with van der Waals surface area (Å²) in [5.41, 5.74) is 6.92. The number of hydrogen-bond donors (Lipinski definition) is 1. The van der Waals surface area contributed by atoms with Crippen LogP contribution in [0.2, 0.25) is 0 Å². The molecule has 0 bridgehead atoms. The molecule has 1 aliphatic rings. The molecule has 15 heavy (non-hydrogen) atoms. The van der Waals surface area contributed by atoms with Crippen LogP contribution in [0.4, 0.5) is 5.95 Å². The molecule has 0 saturated heterocycles. The molecule has 84 valence electrons. The fourth-order valence-electron chi connectivity index (χ4n) is 2.66. The van der Waals surface area contributed by atoms with E-state index in [1.807, 2.05) is 6.92 Å². The summed E-state index contributed by atoms with van der Waals surface area (Å²) in [6, 6.07) is 0.592. The summed E-state index contributed by atoms with van der Waals surface area (Å²) in [7, 11) is 0. The van der Waals surface area contributed by atoms with E-state index < -0.39 is 0 Å². The molecule has 1 heterocycles. The molecule has 1 aliphatic carbocycles. The Bertz CT molecular complexity index is 322. The summed E-state index contributed by atoms with van der Waals surface area (Å²) in [6.45, 7) is 4.30. The third-order valence-corrected chi connectivity index (χ3v) is 3.67. The quantitative estimate of drug-likeness (QED) is 0.810. The second-order valence-corrected chi connectivity index (χ2v) is 4.73. The number of hydrogen-bond acceptors (Lipinski definition) is 2. The van der Waals surface area contributed by atoms with E-state index in [9.17, 15) is 0 Å². The first-order valence-corrected chi connectivity index (χ1v) is 6.01. The summed E-state index contributed by atoms with van der Waals surface area (Å²) in [4.78, 5) is 4.27. The van der Waals surface area contributed by atoms with Crippen molar-refractivity contribution in [2.24, 2.45) is 5.92 Å². The first-order chi connectivity index (χ1) is 7.20. The van der Waals surface area contributed by atoms with Gasteiger partial charge in [0.1, 0.15) is 0 Å². The minimum absolute atomic E-state index is 0.592. The molecule has 0 unspecified atom stereocenters. The van der Waals surface area contributed by atoms with Crippen LogP contribution in [0.3, 0.4) is 0 Å². The fraction of sp³-hybridized carbons (Fsp3) is 0.750. The first kappa shape index (κ1) is 10.5. The maximum Gasteiger partial charge on any atom is 0.200 e. The van der Waals surface area contributed by atoms with Crippen molar-refractivity contribution in [3.05, 3.63) is 11.9 Å². The van der Waals surface area contributed by atoms with Gasteiger partial charge in [-0.15, -0.1) is 0 Å². The second-order valence-electron chi connectivity index (χ2n) is 4.73. The normalized spacial score (nSPS) is 26.8. The molecule has 1 aromatic heterocycles. The van der Waals surface area contributed by atoms with Crippen molar-refractivity contribution >= 4 is 5.95 Å². The Morgan fingerprint density at radius 3 is 2.53 bits per heavy atom. The van der Waals surface area contributed by atoms with E-state index in [1.54, 1.807) is 0 Å². The molecule has 1 aromatic rings. The van der Waals surface area contributed by atoms with Crippen molar-refractivity contribution in [2.75, 3.05) is 5.73 Å². The molecular formula is C12H21N3. The van der Waals surface area contributed by atoms with Gasteiger partial charge in [-0.3, -0.25) is 0 Å². The third-order valence-electron chi connectivity index (χ3n) is 3.67. The van der Waals surface area contributed by atoms with Crippen LogP contribution in [0.15, 0.2) is 6.20 Å². The van der Waals surface area contributed by atoms with E-state index in [0.717, 1.165) is 11.6 Å². The van der Waals surface area contributed by atoms with E-state index in [2.05, 4.69) is 22.7 Å². The lowest BCUT2D eigenvalue weighted by Gasteiger charge is -2.29. The number of nitrogens with zero attached hydrogens (tertiary/aromatic N) is 2. The van der Waals surface area contributed by atoms with Gasteiger partial charge in [0, 0.05) is 12.2 Å². The predicted molar refractivity (Wildman–Crippen MR) is 62.7 cm³/mol. The van der Waals surface area contributed by atoms with Gasteiger partial charge in [0.05, 0.1) is 5.69 Å². The Hall–Kier alpha value is -0.990. The average Bonchev–Trinajstić information content (AvgIpc) is 2.58. The van der Waals surface area contributed by atoms with Gasteiger partial charge in [-0.1, -0.05) is 13.3 Å². The van der Waals surface area contributed by atoms with Crippen LogP contribution in [-0.2, 0) is 0 Å². The highest BCUT2D eigenvalue weighted by Gasteiger charge is 2.22. The summed E-state index contributed by atoms with van der Waals surface area (Å²) in [5, 5.41) is 0. The van der Waals surface area contributed by atoms with Crippen molar-refractivity contribution in [3.63, 3.8) is 0 Å². The fourth-order valence-corrected chi connectivity index (χ4v) is 2.66. The van der Waals surface area contributed by atoms with Crippen molar-refractivity contribution in [3.8, 4) is 0 Å². The molecule has 1 saturated carbocycles. The number of aromatic nitrogens is 2. The summed E-state index contributed by atoms with van der Waals surface area (Å²) >= 11 is 0. The van der Waals surface area contributed by atoms with Gasteiger partial charge < -0.3 is 10.3 Å². The Kier molecular flexibility index (Phi) is 2.98. The van der Waals surface area contributed by atoms with Crippen molar-refractivity contribution < 1.29 is 0 Å². The molecular weight excluding hydrogens is 186 g/mol. The van der Waals surface area contributed by atoms with Crippen LogP contribution < -0.4 is 5.73 Å². The molecule has 3 nitrogen and oxygen atoms in total. The van der Waals surface area contributed by atoms with E-state index >= 15 is 0 Å². The molecule has 1 fully saturated rings. The van der Waals surface area contributed by atoms with Crippen LogP contribution in [0, 0.1) is 12.8 Å². The van der Waals surface area contributed by atoms with Crippen molar-refractivity contribution in [1.29, 1.82) is 0 Å². The highest BCUT2D eigenvalue weighted by atomic mass is 15.2. The van der Waals surface area contributed by atoms with E-state index in [1.165, 1.54) is 32.1 Å². The van der Waals surface area contributed by atoms with Crippen LogP contribution >= 0.6 is 0 Å². The van der Waals surface area contributed by atoms with E-state index in [0.29, 0.717) is 12.0 Å². The second kappa shape index (κ2) is 4.25. The summed E-state index contributed by atoms with van der Waals surface area (Å²) in [6.07, 6.45) is 8.63. The number of anilines is 1. The zero-order valence-corrected chi connectivity index (χ0v) is 9.74.